The van der Waals surface area contributed by atoms with Crippen LogP contribution in [-0.4, -0.2) is 60.1 Å². The summed E-state index contributed by atoms with van der Waals surface area (Å²) in [5.41, 5.74) is 4.28. The average Bonchev–Trinajstić information content (AvgIpc) is 3.72. The molecule has 3 atom stereocenters. The molecule has 7 rings (SSSR count). The number of nitrogens with one attached hydrogen (secondary N) is 2. The summed E-state index contributed by atoms with van der Waals surface area (Å²) >= 11 is 0. The first-order valence-corrected chi connectivity index (χ1v) is 13.9. The third kappa shape index (κ3) is 4.15. The van der Waals surface area contributed by atoms with Gasteiger partial charge in [-0.25, -0.2) is 9.69 Å². The van der Waals surface area contributed by atoms with E-state index < -0.39 is 18.1 Å². The number of para-hydroxylation sites is 2. The van der Waals surface area contributed by atoms with Crippen molar-refractivity contribution in [2.24, 2.45) is 0 Å². The minimum absolute atomic E-state index is 0.0239. The molecule has 2 saturated heterocycles. The molecular formula is C32H30N4O5. The standard InChI is InChI=1S/C32H30N4O5/c1-40-20-14-12-19(13-15-20)29-28-24(22-8-2-4-10-25(22)34-28)17-27-31(38)36(32(39)35(27)29)26-11-5-3-9-23(26)30(37)33-18-21-7-6-16-41-21/h2-5,8-15,21,27,29,34H,6-7,16-18H2,1H3,(H,33,37)/t21-,27+,29-/m1/s1. The Kier molecular flexibility index (Phi) is 6.23. The van der Waals surface area contributed by atoms with Gasteiger partial charge in [0.15, 0.2) is 0 Å². The molecule has 0 radical (unpaired) electrons. The normalized spacial score (nSPS) is 21.7. The number of benzene rings is 3. The fourth-order valence-corrected chi connectivity index (χ4v) is 6.40. The van der Waals surface area contributed by atoms with Gasteiger partial charge in [-0.3, -0.25) is 14.5 Å². The molecule has 2 fully saturated rings. The lowest BCUT2D eigenvalue weighted by atomic mass is 9.89. The van der Waals surface area contributed by atoms with E-state index in [1.807, 2.05) is 48.5 Å². The number of ether oxygens (including phenoxy) is 2. The number of aromatic nitrogens is 1. The van der Waals surface area contributed by atoms with Gasteiger partial charge in [-0.05, 0) is 54.3 Å². The molecule has 4 amide bonds. The smallest absolute Gasteiger partial charge is 0.332 e. The molecule has 0 spiro atoms. The topological polar surface area (TPSA) is 104 Å². The van der Waals surface area contributed by atoms with E-state index in [1.54, 1.807) is 36.3 Å². The number of methoxy groups -OCH3 is 1. The fourth-order valence-electron chi connectivity index (χ4n) is 6.40. The molecule has 9 nitrogen and oxygen atoms in total. The second-order valence-corrected chi connectivity index (χ2v) is 10.7. The summed E-state index contributed by atoms with van der Waals surface area (Å²) in [6.07, 6.45) is 2.21. The highest BCUT2D eigenvalue weighted by Crippen LogP contribution is 2.45. The van der Waals surface area contributed by atoms with Gasteiger partial charge in [0.2, 0.25) is 0 Å². The van der Waals surface area contributed by atoms with Gasteiger partial charge in [-0.15, -0.1) is 0 Å². The molecule has 3 aromatic carbocycles. The summed E-state index contributed by atoms with van der Waals surface area (Å²) in [4.78, 5) is 48.0. The van der Waals surface area contributed by atoms with Crippen molar-refractivity contribution in [3.63, 3.8) is 0 Å². The monoisotopic (exact) mass is 550 g/mol. The molecule has 3 aliphatic rings. The first-order valence-electron chi connectivity index (χ1n) is 13.9. The summed E-state index contributed by atoms with van der Waals surface area (Å²) < 4.78 is 11.0. The first-order chi connectivity index (χ1) is 20.0. The molecule has 4 aromatic rings. The number of aromatic amines is 1. The van der Waals surface area contributed by atoms with Gasteiger partial charge < -0.3 is 19.8 Å². The van der Waals surface area contributed by atoms with Crippen LogP contribution in [0.4, 0.5) is 10.5 Å². The highest BCUT2D eigenvalue weighted by Gasteiger charge is 2.53. The molecular weight excluding hydrogens is 520 g/mol. The number of anilines is 1. The third-order valence-corrected chi connectivity index (χ3v) is 8.38. The maximum Gasteiger partial charge on any atom is 0.332 e. The number of carbonyl (C=O) groups excluding carboxylic acids is 3. The number of urea groups is 1. The van der Waals surface area contributed by atoms with Gasteiger partial charge >= 0.3 is 6.03 Å². The summed E-state index contributed by atoms with van der Waals surface area (Å²) in [7, 11) is 1.61. The van der Waals surface area contributed by atoms with Crippen LogP contribution in [0.2, 0.25) is 0 Å². The van der Waals surface area contributed by atoms with Gasteiger partial charge in [0.05, 0.1) is 24.5 Å². The number of H-pyrrole nitrogens is 1. The summed E-state index contributed by atoms with van der Waals surface area (Å²) in [5, 5.41) is 3.96. The van der Waals surface area contributed by atoms with Crippen LogP contribution < -0.4 is 15.0 Å². The minimum atomic E-state index is -0.718. The fraction of sp³-hybridized carbons (Fsp3) is 0.281. The Bertz CT molecular complexity index is 1660. The summed E-state index contributed by atoms with van der Waals surface area (Å²) in [6, 6.07) is 20.6. The SMILES string of the molecule is COc1ccc([C@@H]2c3[nH]c4ccccc4c3C[C@H]3C(=O)N(c4ccccc4C(=O)NC[C@H]4CCCO4)C(=O)N23)cc1. The van der Waals surface area contributed by atoms with Gasteiger partial charge in [-0.1, -0.05) is 42.5 Å². The van der Waals surface area contributed by atoms with Crippen molar-refractivity contribution in [1.82, 2.24) is 15.2 Å². The second kappa shape index (κ2) is 10.1. The zero-order chi connectivity index (χ0) is 28.1. The third-order valence-electron chi connectivity index (χ3n) is 8.38. The number of hydrogen-bond donors (Lipinski definition) is 2. The van der Waals surface area contributed by atoms with Gasteiger partial charge in [0.25, 0.3) is 11.8 Å². The van der Waals surface area contributed by atoms with E-state index in [0.29, 0.717) is 25.3 Å². The quantitative estimate of drug-likeness (QED) is 0.343. The Morgan fingerprint density at radius 2 is 1.83 bits per heavy atom. The van der Waals surface area contributed by atoms with Crippen LogP contribution in [0.25, 0.3) is 10.9 Å². The highest BCUT2D eigenvalue weighted by molar-refractivity contribution is 6.24. The van der Waals surface area contributed by atoms with E-state index >= 15 is 0 Å². The Labute approximate surface area is 237 Å². The van der Waals surface area contributed by atoms with Gasteiger partial charge in [0, 0.05) is 36.2 Å². The number of amides is 4. The van der Waals surface area contributed by atoms with E-state index in [0.717, 1.165) is 40.6 Å². The van der Waals surface area contributed by atoms with Crippen molar-refractivity contribution >= 4 is 34.4 Å². The number of rotatable bonds is 6. The molecule has 0 saturated carbocycles. The molecule has 4 heterocycles. The maximum absolute atomic E-state index is 14.3. The van der Waals surface area contributed by atoms with E-state index in [2.05, 4.69) is 10.3 Å². The zero-order valence-electron chi connectivity index (χ0n) is 22.6. The minimum Gasteiger partial charge on any atom is -0.497 e. The lowest BCUT2D eigenvalue weighted by Gasteiger charge is -2.36. The van der Waals surface area contributed by atoms with Crippen LogP contribution >= 0.6 is 0 Å². The second-order valence-electron chi connectivity index (χ2n) is 10.7. The van der Waals surface area contributed by atoms with Crippen LogP contribution in [0.3, 0.4) is 0 Å². The number of carbonyl (C=O) groups is 3. The Morgan fingerprint density at radius 3 is 2.61 bits per heavy atom. The Morgan fingerprint density at radius 1 is 1.05 bits per heavy atom. The van der Waals surface area contributed by atoms with Crippen molar-refractivity contribution in [2.75, 3.05) is 25.2 Å². The van der Waals surface area contributed by atoms with E-state index in [9.17, 15) is 14.4 Å². The largest absolute Gasteiger partial charge is 0.497 e. The molecule has 0 aliphatic carbocycles. The lowest BCUT2D eigenvalue weighted by Crippen LogP contribution is -2.44. The number of imide groups is 1. The number of hydrogen-bond acceptors (Lipinski definition) is 5. The van der Waals surface area contributed by atoms with E-state index in [4.69, 9.17) is 9.47 Å². The van der Waals surface area contributed by atoms with E-state index in [1.165, 1.54) is 4.90 Å². The lowest BCUT2D eigenvalue weighted by molar-refractivity contribution is -0.120. The van der Waals surface area contributed by atoms with Crippen molar-refractivity contribution in [3.05, 3.63) is 95.2 Å². The average molecular weight is 551 g/mol. The van der Waals surface area contributed by atoms with E-state index in [-0.39, 0.29) is 29.2 Å². The van der Waals surface area contributed by atoms with Gasteiger partial charge in [-0.2, -0.15) is 0 Å². The van der Waals surface area contributed by atoms with Crippen molar-refractivity contribution < 1.29 is 23.9 Å². The van der Waals surface area contributed by atoms with Crippen LogP contribution in [-0.2, 0) is 16.0 Å². The van der Waals surface area contributed by atoms with Crippen LogP contribution in [0.5, 0.6) is 5.75 Å². The van der Waals surface area contributed by atoms with Crippen LogP contribution in [0.15, 0.2) is 72.8 Å². The molecule has 3 aliphatic heterocycles. The Balaban J connectivity index is 1.28. The zero-order valence-corrected chi connectivity index (χ0v) is 22.6. The number of nitrogens with zero attached hydrogens (tertiary/aromatic N) is 2. The van der Waals surface area contributed by atoms with Crippen LogP contribution in [0.1, 0.15) is 46.1 Å². The molecule has 0 unspecified atom stereocenters. The molecule has 2 N–H and O–H groups in total. The summed E-state index contributed by atoms with van der Waals surface area (Å²) in [5.74, 6) is 0.0136. The van der Waals surface area contributed by atoms with Gasteiger partial charge in [0.1, 0.15) is 17.8 Å². The molecule has 1 aromatic heterocycles. The predicted octanol–water partition coefficient (Wildman–Crippen LogP) is 4.57. The molecule has 0 bridgehead atoms. The maximum atomic E-state index is 14.3. The summed E-state index contributed by atoms with van der Waals surface area (Å²) in [6.45, 7) is 1.07. The van der Waals surface area contributed by atoms with Crippen molar-refractivity contribution in [1.29, 1.82) is 0 Å². The predicted molar refractivity (Wildman–Crippen MR) is 153 cm³/mol. The molecule has 41 heavy (non-hydrogen) atoms. The first kappa shape index (κ1) is 25.3. The number of fused-ring (bicyclic) bond motifs is 4. The Hall–Kier alpha value is -4.63. The van der Waals surface area contributed by atoms with Crippen LogP contribution in [0, 0.1) is 0 Å². The van der Waals surface area contributed by atoms with Crippen molar-refractivity contribution in [3.8, 4) is 5.75 Å². The highest BCUT2D eigenvalue weighted by atomic mass is 16.5. The molecule has 9 heteroatoms. The van der Waals surface area contributed by atoms with Crippen molar-refractivity contribution in [2.45, 2.75) is 37.5 Å². The molecule has 208 valence electrons.